The summed E-state index contributed by atoms with van der Waals surface area (Å²) in [4.78, 5) is 35.1. The minimum atomic E-state index is -0.504. The molecule has 1 amide bonds. The number of benzene rings is 3. The number of esters is 1. The number of hydrogen-bond donors (Lipinski definition) is 1. The molecule has 1 aliphatic heterocycles. The molecule has 3 aromatic carbocycles. The van der Waals surface area contributed by atoms with Crippen LogP contribution in [0.5, 0.6) is 0 Å². The summed E-state index contributed by atoms with van der Waals surface area (Å²) in [6, 6.07) is 25.7. The zero-order valence-electron chi connectivity index (χ0n) is 22.0. The molecule has 0 saturated heterocycles. The first-order chi connectivity index (χ1) is 18.4. The van der Waals surface area contributed by atoms with Gasteiger partial charge in [-0.15, -0.1) is 0 Å². The Morgan fingerprint density at radius 2 is 1.66 bits per heavy atom. The van der Waals surface area contributed by atoms with Crippen LogP contribution >= 0.6 is 0 Å². The molecule has 194 valence electrons. The highest BCUT2D eigenvalue weighted by Gasteiger charge is 2.26. The molecule has 2 heterocycles. The van der Waals surface area contributed by atoms with Crippen LogP contribution in [0.4, 0.5) is 17.1 Å². The van der Waals surface area contributed by atoms with Crippen molar-refractivity contribution in [1.82, 2.24) is 9.88 Å². The molecule has 0 bridgehead atoms. The largest absolute Gasteiger partial charge is 0.452 e. The molecule has 0 spiro atoms. The van der Waals surface area contributed by atoms with Crippen LogP contribution in [0.15, 0.2) is 78.9 Å². The number of carbonyl (C=O) groups excluding carboxylic acids is 2. The lowest BCUT2D eigenvalue weighted by molar-refractivity contribution is -0.119. The minimum Gasteiger partial charge on any atom is -0.452 e. The molecule has 4 aromatic rings. The first-order valence-corrected chi connectivity index (χ1v) is 12.9. The molecule has 0 unspecified atom stereocenters. The standard InChI is InChI=1S/C31H32N4O3/c1-21(2)35(23-9-5-4-6-10-23)24-15-13-22(14-16-24)32-29(36)20-38-31(37)30-25-11-7-8-12-27(25)33-28-17-18-34(3)19-26(28)30/h4-16,21H,17-20H2,1-3H3,(H,32,36). The number of nitrogens with one attached hydrogen (secondary N) is 1. The third-order valence-electron chi connectivity index (χ3n) is 6.76. The highest BCUT2D eigenvalue weighted by atomic mass is 16.5. The molecule has 1 aliphatic rings. The Labute approximate surface area is 223 Å². The third kappa shape index (κ3) is 5.38. The fourth-order valence-electron chi connectivity index (χ4n) is 5.00. The fraction of sp³-hybridized carbons (Fsp3) is 0.258. The average Bonchev–Trinajstić information content (AvgIpc) is 2.92. The Kier molecular flexibility index (Phi) is 7.38. The fourth-order valence-corrected chi connectivity index (χ4v) is 5.00. The predicted octanol–water partition coefficient (Wildman–Crippen LogP) is 5.56. The lowest BCUT2D eigenvalue weighted by Gasteiger charge is -2.29. The monoisotopic (exact) mass is 508 g/mol. The molecule has 38 heavy (non-hydrogen) atoms. The van der Waals surface area contributed by atoms with Crippen molar-refractivity contribution in [2.24, 2.45) is 0 Å². The van der Waals surface area contributed by atoms with Gasteiger partial charge in [0.1, 0.15) is 0 Å². The molecule has 7 heteroatoms. The minimum absolute atomic E-state index is 0.257. The van der Waals surface area contributed by atoms with Gasteiger partial charge in [0, 0.05) is 59.3 Å². The molecule has 0 aliphatic carbocycles. The van der Waals surface area contributed by atoms with Crippen molar-refractivity contribution >= 4 is 39.8 Å². The summed E-state index contributed by atoms with van der Waals surface area (Å²) in [5, 5.41) is 3.58. The number of carbonyl (C=O) groups is 2. The zero-order valence-corrected chi connectivity index (χ0v) is 22.0. The van der Waals surface area contributed by atoms with Crippen LogP contribution < -0.4 is 10.2 Å². The van der Waals surface area contributed by atoms with Crippen molar-refractivity contribution in [3.05, 3.63) is 95.7 Å². The second-order valence-electron chi connectivity index (χ2n) is 9.89. The van der Waals surface area contributed by atoms with E-state index in [4.69, 9.17) is 9.72 Å². The van der Waals surface area contributed by atoms with Gasteiger partial charge >= 0.3 is 5.97 Å². The first kappa shape index (κ1) is 25.4. The number of fused-ring (bicyclic) bond motifs is 2. The van der Waals surface area contributed by atoms with Crippen molar-refractivity contribution < 1.29 is 14.3 Å². The van der Waals surface area contributed by atoms with Gasteiger partial charge in [-0.1, -0.05) is 36.4 Å². The van der Waals surface area contributed by atoms with Crippen molar-refractivity contribution in [3.8, 4) is 0 Å². The van der Waals surface area contributed by atoms with E-state index in [1.807, 2.05) is 73.8 Å². The SMILES string of the molecule is CC(C)N(c1ccccc1)c1ccc(NC(=O)COC(=O)c2c3c(nc4ccccc24)CCN(C)C3)cc1. The Balaban J connectivity index is 1.27. The molecule has 5 rings (SSSR count). The molecule has 0 fully saturated rings. The van der Waals surface area contributed by atoms with Crippen LogP contribution in [0.1, 0.15) is 35.5 Å². The predicted molar refractivity (Wildman–Crippen MR) is 151 cm³/mol. The van der Waals surface area contributed by atoms with E-state index >= 15 is 0 Å². The number of pyridine rings is 1. The number of para-hydroxylation sites is 2. The second-order valence-corrected chi connectivity index (χ2v) is 9.89. The first-order valence-electron chi connectivity index (χ1n) is 12.9. The summed E-state index contributed by atoms with van der Waals surface area (Å²) in [7, 11) is 2.02. The van der Waals surface area contributed by atoms with Gasteiger partial charge in [-0.2, -0.15) is 0 Å². The molecular weight excluding hydrogens is 476 g/mol. The van der Waals surface area contributed by atoms with Gasteiger partial charge in [-0.3, -0.25) is 9.78 Å². The molecular formula is C31H32N4O3. The van der Waals surface area contributed by atoms with Crippen LogP contribution in [0.3, 0.4) is 0 Å². The van der Waals surface area contributed by atoms with E-state index in [0.717, 1.165) is 46.5 Å². The number of rotatable bonds is 7. The van der Waals surface area contributed by atoms with Crippen molar-refractivity contribution in [3.63, 3.8) is 0 Å². The van der Waals surface area contributed by atoms with Crippen LogP contribution in [-0.4, -0.2) is 48.0 Å². The smallest absolute Gasteiger partial charge is 0.339 e. The highest BCUT2D eigenvalue weighted by molar-refractivity contribution is 6.06. The van der Waals surface area contributed by atoms with Gasteiger partial charge in [0.2, 0.25) is 0 Å². The molecule has 0 atom stereocenters. The maximum atomic E-state index is 13.3. The Morgan fingerprint density at radius 1 is 0.974 bits per heavy atom. The summed E-state index contributed by atoms with van der Waals surface area (Å²) in [6.45, 7) is 5.40. The Morgan fingerprint density at radius 3 is 2.39 bits per heavy atom. The summed E-state index contributed by atoms with van der Waals surface area (Å²) < 4.78 is 5.52. The van der Waals surface area contributed by atoms with Crippen molar-refractivity contribution in [1.29, 1.82) is 0 Å². The number of nitrogens with zero attached hydrogens (tertiary/aromatic N) is 3. The van der Waals surface area contributed by atoms with E-state index in [1.165, 1.54) is 0 Å². The van der Waals surface area contributed by atoms with E-state index in [-0.39, 0.29) is 18.6 Å². The zero-order chi connectivity index (χ0) is 26.6. The third-order valence-corrected chi connectivity index (χ3v) is 6.76. The van der Waals surface area contributed by atoms with Crippen LogP contribution in [0.25, 0.3) is 10.9 Å². The second kappa shape index (κ2) is 11.0. The van der Waals surface area contributed by atoms with E-state index in [2.05, 4.69) is 41.1 Å². The number of anilines is 3. The van der Waals surface area contributed by atoms with Crippen LogP contribution in [0, 0.1) is 0 Å². The molecule has 1 aromatic heterocycles. The average molecular weight is 509 g/mol. The number of amides is 1. The summed E-state index contributed by atoms with van der Waals surface area (Å²) >= 11 is 0. The van der Waals surface area contributed by atoms with Crippen LogP contribution in [-0.2, 0) is 22.5 Å². The molecule has 0 saturated carbocycles. The number of ether oxygens (including phenoxy) is 1. The van der Waals surface area contributed by atoms with Gasteiger partial charge < -0.3 is 19.9 Å². The maximum Gasteiger partial charge on any atom is 0.339 e. The quantitative estimate of drug-likeness (QED) is 0.329. The van der Waals surface area contributed by atoms with Crippen molar-refractivity contribution in [2.45, 2.75) is 32.9 Å². The number of hydrogen-bond acceptors (Lipinski definition) is 6. The number of likely N-dealkylation sites (N-methyl/N-ethyl adjacent to an activating group) is 1. The summed E-state index contributed by atoms with van der Waals surface area (Å²) in [5.74, 6) is -0.893. The van der Waals surface area contributed by atoms with Crippen molar-refractivity contribution in [2.75, 3.05) is 30.4 Å². The maximum absolute atomic E-state index is 13.3. The van der Waals surface area contributed by atoms with Gasteiger partial charge in [0.25, 0.3) is 5.91 Å². The van der Waals surface area contributed by atoms with E-state index < -0.39 is 5.97 Å². The molecule has 7 nitrogen and oxygen atoms in total. The molecule has 1 N–H and O–H groups in total. The Hall–Kier alpha value is -4.23. The highest BCUT2D eigenvalue weighted by Crippen LogP contribution is 2.30. The van der Waals surface area contributed by atoms with Crippen LogP contribution in [0.2, 0.25) is 0 Å². The topological polar surface area (TPSA) is 74.8 Å². The van der Waals surface area contributed by atoms with Gasteiger partial charge in [0.15, 0.2) is 6.61 Å². The summed E-state index contributed by atoms with van der Waals surface area (Å²) in [5.41, 5.74) is 5.83. The van der Waals surface area contributed by atoms with Gasteiger partial charge in [-0.05, 0) is 63.4 Å². The van der Waals surface area contributed by atoms with E-state index in [1.54, 1.807) is 0 Å². The van der Waals surface area contributed by atoms with E-state index in [0.29, 0.717) is 17.8 Å². The van der Waals surface area contributed by atoms with Gasteiger partial charge in [0.05, 0.1) is 11.1 Å². The Bertz CT molecular complexity index is 1450. The lowest BCUT2D eigenvalue weighted by Crippen LogP contribution is -2.30. The number of aromatic nitrogens is 1. The molecule has 0 radical (unpaired) electrons. The summed E-state index contributed by atoms with van der Waals surface area (Å²) in [6.07, 6.45) is 0.770. The van der Waals surface area contributed by atoms with E-state index in [9.17, 15) is 9.59 Å². The normalized spacial score (nSPS) is 13.3. The lowest BCUT2D eigenvalue weighted by atomic mass is 9.96. The van der Waals surface area contributed by atoms with Gasteiger partial charge in [-0.25, -0.2) is 4.79 Å².